The second-order valence-electron chi connectivity index (χ2n) is 4.31. The molecule has 1 aromatic rings. The number of hydrogen-bond donors (Lipinski definition) is 1. The lowest BCUT2D eigenvalue weighted by Crippen LogP contribution is -2.40. The van der Waals surface area contributed by atoms with Gasteiger partial charge in [-0.1, -0.05) is 42.4 Å². The maximum absolute atomic E-state index is 12.0. The smallest absolute Gasteiger partial charge is 0.233 e. The minimum absolute atomic E-state index is 0.0927. The monoisotopic (exact) mass is 271 g/mol. The van der Waals surface area contributed by atoms with Crippen molar-refractivity contribution in [1.29, 1.82) is 0 Å². The number of aromatic nitrogens is 2. The lowest BCUT2D eigenvalue weighted by Gasteiger charge is -2.24. The van der Waals surface area contributed by atoms with Crippen molar-refractivity contribution >= 4 is 29.0 Å². The Hall–Kier alpha value is -0.620. The molecular formula is C11H17N3OS2. The second-order valence-corrected chi connectivity index (χ2v) is 6.73. The van der Waals surface area contributed by atoms with Crippen LogP contribution in [-0.2, 0) is 4.79 Å². The molecule has 1 aliphatic carbocycles. The SMILES string of the molecule is C[C@@H](Sc1nncs1)C(=O)NC1CCCCC1. The fraction of sp³-hybridized carbons (Fsp3) is 0.727. The van der Waals surface area contributed by atoms with Crippen molar-refractivity contribution in [2.75, 3.05) is 0 Å². The average molecular weight is 271 g/mol. The normalized spacial score (nSPS) is 18.9. The molecule has 17 heavy (non-hydrogen) atoms. The Balaban J connectivity index is 1.78. The van der Waals surface area contributed by atoms with Gasteiger partial charge in [-0.3, -0.25) is 4.79 Å². The molecule has 1 saturated carbocycles. The predicted molar refractivity (Wildman–Crippen MR) is 70.2 cm³/mol. The number of nitrogens with zero attached hydrogens (tertiary/aromatic N) is 2. The van der Waals surface area contributed by atoms with E-state index in [1.807, 2.05) is 6.92 Å². The van der Waals surface area contributed by atoms with Crippen molar-refractivity contribution in [3.05, 3.63) is 5.51 Å². The molecule has 1 aromatic heterocycles. The highest BCUT2D eigenvalue weighted by atomic mass is 32.2. The first kappa shape index (κ1) is 12.8. The van der Waals surface area contributed by atoms with Crippen molar-refractivity contribution in [2.45, 2.75) is 54.7 Å². The summed E-state index contributed by atoms with van der Waals surface area (Å²) < 4.78 is 0.858. The minimum atomic E-state index is -0.0927. The van der Waals surface area contributed by atoms with Crippen molar-refractivity contribution in [3.8, 4) is 0 Å². The van der Waals surface area contributed by atoms with Crippen LogP contribution in [0.15, 0.2) is 9.85 Å². The Kier molecular flexibility index (Phi) is 4.79. The molecule has 0 radical (unpaired) electrons. The molecule has 0 saturated heterocycles. The van der Waals surface area contributed by atoms with Crippen LogP contribution in [0.25, 0.3) is 0 Å². The number of rotatable bonds is 4. The molecule has 0 unspecified atom stereocenters. The quantitative estimate of drug-likeness (QED) is 0.855. The molecule has 0 aliphatic heterocycles. The molecule has 0 bridgehead atoms. The number of amides is 1. The van der Waals surface area contributed by atoms with E-state index in [1.165, 1.54) is 42.4 Å². The summed E-state index contributed by atoms with van der Waals surface area (Å²) in [6, 6.07) is 0.383. The van der Waals surface area contributed by atoms with Crippen LogP contribution < -0.4 is 5.32 Å². The minimum Gasteiger partial charge on any atom is -0.352 e. The average Bonchev–Trinajstić information content (AvgIpc) is 2.83. The summed E-state index contributed by atoms with van der Waals surface area (Å²) in [4.78, 5) is 12.0. The highest BCUT2D eigenvalue weighted by Crippen LogP contribution is 2.25. The van der Waals surface area contributed by atoms with Crippen LogP contribution in [0.2, 0.25) is 0 Å². The largest absolute Gasteiger partial charge is 0.352 e. The van der Waals surface area contributed by atoms with Gasteiger partial charge in [0.15, 0.2) is 4.34 Å². The third kappa shape index (κ3) is 3.96. The Morgan fingerprint density at radius 3 is 2.94 bits per heavy atom. The maximum atomic E-state index is 12.0. The van der Waals surface area contributed by atoms with E-state index in [0.717, 1.165) is 17.2 Å². The number of nitrogens with one attached hydrogen (secondary N) is 1. The zero-order valence-corrected chi connectivity index (χ0v) is 11.5. The highest BCUT2D eigenvalue weighted by Gasteiger charge is 2.20. The lowest BCUT2D eigenvalue weighted by molar-refractivity contribution is -0.121. The van der Waals surface area contributed by atoms with Gasteiger partial charge < -0.3 is 5.32 Å². The first-order valence-electron chi connectivity index (χ1n) is 5.99. The molecule has 0 aromatic carbocycles. The van der Waals surface area contributed by atoms with E-state index < -0.39 is 0 Å². The molecule has 0 spiro atoms. The second kappa shape index (κ2) is 6.35. The van der Waals surface area contributed by atoms with Gasteiger partial charge in [0.05, 0.1) is 5.25 Å². The standard InChI is InChI=1S/C11H17N3OS2/c1-8(17-11-14-12-7-16-11)10(15)13-9-5-3-2-4-6-9/h7-9H,2-6H2,1H3,(H,13,15)/t8-/m1/s1. The lowest BCUT2D eigenvalue weighted by atomic mass is 9.95. The van der Waals surface area contributed by atoms with Gasteiger partial charge >= 0.3 is 0 Å². The van der Waals surface area contributed by atoms with E-state index in [1.54, 1.807) is 5.51 Å². The molecule has 94 valence electrons. The number of hydrogen-bond acceptors (Lipinski definition) is 5. The summed E-state index contributed by atoms with van der Waals surface area (Å²) >= 11 is 2.96. The van der Waals surface area contributed by atoms with E-state index in [4.69, 9.17) is 0 Å². The van der Waals surface area contributed by atoms with E-state index in [0.29, 0.717) is 6.04 Å². The topological polar surface area (TPSA) is 54.9 Å². The maximum Gasteiger partial charge on any atom is 0.233 e. The van der Waals surface area contributed by atoms with Gasteiger partial charge in [-0.05, 0) is 19.8 Å². The molecular weight excluding hydrogens is 254 g/mol. The van der Waals surface area contributed by atoms with E-state index in [2.05, 4.69) is 15.5 Å². The molecule has 1 aliphatic rings. The van der Waals surface area contributed by atoms with Crippen LogP contribution in [0.3, 0.4) is 0 Å². The van der Waals surface area contributed by atoms with E-state index in [9.17, 15) is 4.79 Å². The van der Waals surface area contributed by atoms with Gasteiger partial charge in [0.2, 0.25) is 5.91 Å². The molecule has 1 fully saturated rings. The third-order valence-electron chi connectivity index (χ3n) is 2.94. The zero-order chi connectivity index (χ0) is 12.1. The van der Waals surface area contributed by atoms with Crippen LogP contribution >= 0.6 is 23.1 Å². The van der Waals surface area contributed by atoms with Crippen molar-refractivity contribution in [2.24, 2.45) is 0 Å². The van der Waals surface area contributed by atoms with E-state index in [-0.39, 0.29) is 11.2 Å². The van der Waals surface area contributed by atoms with Gasteiger partial charge in [-0.25, -0.2) is 0 Å². The van der Waals surface area contributed by atoms with Crippen LogP contribution in [0, 0.1) is 0 Å². The molecule has 1 N–H and O–H groups in total. The highest BCUT2D eigenvalue weighted by molar-refractivity contribution is 8.02. The summed E-state index contributed by atoms with van der Waals surface area (Å²) in [5.74, 6) is 0.122. The fourth-order valence-electron chi connectivity index (χ4n) is 1.98. The molecule has 4 nitrogen and oxygen atoms in total. The zero-order valence-electron chi connectivity index (χ0n) is 9.89. The first-order chi connectivity index (χ1) is 8.25. The van der Waals surface area contributed by atoms with E-state index >= 15 is 0 Å². The van der Waals surface area contributed by atoms with Crippen LogP contribution in [-0.4, -0.2) is 27.4 Å². The Morgan fingerprint density at radius 1 is 1.53 bits per heavy atom. The molecule has 2 rings (SSSR count). The third-order valence-corrected chi connectivity index (χ3v) is 4.85. The van der Waals surface area contributed by atoms with Crippen molar-refractivity contribution in [3.63, 3.8) is 0 Å². The van der Waals surface area contributed by atoms with Gasteiger partial charge in [-0.15, -0.1) is 10.2 Å². The molecule has 6 heteroatoms. The Bertz CT molecular complexity index is 350. The van der Waals surface area contributed by atoms with Crippen LogP contribution in [0.5, 0.6) is 0 Å². The van der Waals surface area contributed by atoms with Crippen LogP contribution in [0.1, 0.15) is 39.0 Å². The summed E-state index contributed by atoms with van der Waals surface area (Å²) in [7, 11) is 0. The molecule has 1 heterocycles. The molecule has 1 atom stereocenters. The first-order valence-corrected chi connectivity index (χ1v) is 7.75. The Labute approximate surface area is 110 Å². The van der Waals surface area contributed by atoms with Gasteiger partial charge in [0, 0.05) is 6.04 Å². The Morgan fingerprint density at radius 2 is 2.29 bits per heavy atom. The predicted octanol–water partition coefficient (Wildman–Crippen LogP) is 2.47. The summed E-state index contributed by atoms with van der Waals surface area (Å²) in [6.45, 7) is 1.92. The van der Waals surface area contributed by atoms with Crippen molar-refractivity contribution in [1.82, 2.24) is 15.5 Å². The number of carbonyl (C=O) groups excluding carboxylic acids is 1. The fourth-order valence-corrected chi connectivity index (χ4v) is 3.62. The van der Waals surface area contributed by atoms with Crippen molar-refractivity contribution < 1.29 is 4.79 Å². The number of thioether (sulfide) groups is 1. The number of carbonyl (C=O) groups is 1. The summed E-state index contributed by atoms with van der Waals surface area (Å²) in [6.07, 6.45) is 6.04. The summed E-state index contributed by atoms with van der Waals surface area (Å²) in [5.41, 5.74) is 1.69. The van der Waals surface area contributed by atoms with Gasteiger partial charge in [-0.2, -0.15) is 0 Å². The molecule has 1 amide bonds. The van der Waals surface area contributed by atoms with Gasteiger partial charge in [0.25, 0.3) is 0 Å². The van der Waals surface area contributed by atoms with Gasteiger partial charge in [0.1, 0.15) is 5.51 Å². The van der Waals surface area contributed by atoms with Crippen LogP contribution in [0.4, 0.5) is 0 Å². The summed E-state index contributed by atoms with van der Waals surface area (Å²) in [5, 5.41) is 10.7.